The summed E-state index contributed by atoms with van der Waals surface area (Å²) >= 11 is 0. The first-order valence-corrected chi connectivity index (χ1v) is 9.17. The molecule has 27 heavy (non-hydrogen) atoms. The van der Waals surface area contributed by atoms with E-state index >= 15 is 0 Å². The summed E-state index contributed by atoms with van der Waals surface area (Å²) in [6.45, 7) is 7.30. The maximum absolute atomic E-state index is 13.0. The number of para-hydroxylation sites is 2. The van der Waals surface area contributed by atoms with Gasteiger partial charge in [-0.25, -0.2) is 0 Å². The van der Waals surface area contributed by atoms with Crippen molar-refractivity contribution in [3.63, 3.8) is 0 Å². The van der Waals surface area contributed by atoms with E-state index in [0.29, 0.717) is 30.3 Å². The SMILES string of the molecule is COc1ccccc1OC1CN(C(=O)c2[nH]c3c(C)ccc(C)c3c2C)C1. The Morgan fingerprint density at radius 2 is 1.70 bits per heavy atom. The van der Waals surface area contributed by atoms with Crippen LogP contribution in [0.2, 0.25) is 0 Å². The maximum Gasteiger partial charge on any atom is 0.270 e. The summed E-state index contributed by atoms with van der Waals surface area (Å²) in [7, 11) is 1.63. The molecule has 140 valence electrons. The van der Waals surface area contributed by atoms with Crippen LogP contribution in [0.3, 0.4) is 0 Å². The van der Waals surface area contributed by atoms with Gasteiger partial charge in [0, 0.05) is 10.9 Å². The topological polar surface area (TPSA) is 54.6 Å². The highest BCUT2D eigenvalue weighted by atomic mass is 16.5. The fraction of sp³-hybridized carbons (Fsp3) is 0.318. The van der Waals surface area contributed by atoms with Gasteiger partial charge < -0.3 is 19.4 Å². The van der Waals surface area contributed by atoms with Gasteiger partial charge in [0.05, 0.1) is 20.2 Å². The number of benzene rings is 2. The Bertz CT molecular complexity index is 1020. The monoisotopic (exact) mass is 364 g/mol. The third-order valence-corrected chi connectivity index (χ3v) is 5.33. The highest BCUT2D eigenvalue weighted by molar-refractivity contribution is 6.02. The molecule has 1 aliphatic heterocycles. The molecule has 0 unspecified atom stereocenters. The van der Waals surface area contributed by atoms with Gasteiger partial charge in [-0.1, -0.05) is 24.3 Å². The van der Waals surface area contributed by atoms with E-state index in [-0.39, 0.29) is 12.0 Å². The van der Waals surface area contributed by atoms with Crippen LogP contribution < -0.4 is 9.47 Å². The molecule has 1 aromatic heterocycles. The Morgan fingerprint density at radius 3 is 2.37 bits per heavy atom. The normalized spacial score (nSPS) is 14.3. The van der Waals surface area contributed by atoms with E-state index in [4.69, 9.17) is 9.47 Å². The lowest BCUT2D eigenvalue weighted by Crippen LogP contribution is -2.56. The number of ether oxygens (including phenoxy) is 2. The van der Waals surface area contributed by atoms with Crippen molar-refractivity contribution in [1.29, 1.82) is 0 Å². The fourth-order valence-electron chi connectivity index (χ4n) is 3.75. The van der Waals surface area contributed by atoms with Crippen LogP contribution in [0.4, 0.5) is 0 Å². The summed E-state index contributed by atoms with van der Waals surface area (Å²) in [4.78, 5) is 18.2. The number of aryl methyl sites for hydroxylation is 3. The molecule has 3 aromatic rings. The first kappa shape index (κ1) is 17.5. The summed E-state index contributed by atoms with van der Waals surface area (Å²) in [6.07, 6.45) is -0.0154. The Hall–Kier alpha value is -2.95. The van der Waals surface area contributed by atoms with E-state index in [1.807, 2.05) is 36.1 Å². The molecule has 0 atom stereocenters. The molecule has 5 nitrogen and oxygen atoms in total. The first-order valence-electron chi connectivity index (χ1n) is 9.17. The van der Waals surface area contributed by atoms with Gasteiger partial charge in [0.2, 0.25) is 0 Å². The van der Waals surface area contributed by atoms with Gasteiger partial charge in [-0.15, -0.1) is 0 Å². The smallest absolute Gasteiger partial charge is 0.270 e. The van der Waals surface area contributed by atoms with E-state index in [1.54, 1.807) is 7.11 Å². The molecule has 1 N–H and O–H groups in total. The van der Waals surface area contributed by atoms with Gasteiger partial charge in [-0.05, 0) is 49.6 Å². The minimum Gasteiger partial charge on any atom is -0.493 e. The molecule has 0 aliphatic carbocycles. The van der Waals surface area contributed by atoms with Gasteiger partial charge in [0.25, 0.3) is 5.91 Å². The molecular weight excluding hydrogens is 340 g/mol. The van der Waals surface area contributed by atoms with Crippen molar-refractivity contribution in [2.75, 3.05) is 20.2 Å². The lowest BCUT2D eigenvalue weighted by atomic mass is 10.0. The van der Waals surface area contributed by atoms with E-state index in [0.717, 1.165) is 22.0 Å². The lowest BCUT2D eigenvalue weighted by Gasteiger charge is -2.39. The third-order valence-electron chi connectivity index (χ3n) is 5.33. The number of rotatable bonds is 4. The standard InChI is InChI=1S/C22H24N2O3/c1-13-9-10-14(2)20-19(13)15(3)21(23-20)22(25)24-11-16(12-24)27-18-8-6-5-7-17(18)26-4/h5-10,16,23H,11-12H2,1-4H3. The van der Waals surface area contributed by atoms with Crippen LogP contribution in [0.25, 0.3) is 10.9 Å². The van der Waals surface area contributed by atoms with E-state index in [9.17, 15) is 4.79 Å². The van der Waals surface area contributed by atoms with Crippen LogP contribution in [-0.4, -0.2) is 42.1 Å². The number of nitrogens with one attached hydrogen (secondary N) is 1. The van der Waals surface area contributed by atoms with Crippen molar-refractivity contribution in [1.82, 2.24) is 9.88 Å². The predicted molar refractivity (Wildman–Crippen MR) is 106 cm³/mol. The molecule has 2 heterocycles. The summed E-state index contributed by atoms with van der Waals surface area (Å²) in [5, 5.41) is 1.15. The number of hydrogen-bond donors (Lipinski definition) is 1. The highest BCUT2D eigenvalue weighted by Crippen LogP contribution is 2.31. The highest BCUT2D eigenvalue weighted by Gasteiger charge is 2.35. The molecule has 0 radical (unpaired) electrons. The molecule has 0 spiro atoms. The van der Waals surface area contributed by atoms with Crippen molar-refractivity contribution in [2.45, 2.75) is 26.9 Å². The van der Waals surface area contributed by atoms with Crippen molar-refractivity contribution >= 4 is 16.8 Å². The summed E-state index contributed by atoms with van der Waals surface area (Å²) in [5.41, 5.74) is 5.09. The Labute approximate surface area is 158 Å². The molecule has 2 aromatic carbocycles. The number of carbonyl (C=O) groups excluding carboxylic acids is 1. The number of aromatic amines is 1. The number of fused-ring (bicyclic) bond motifs is 1. The largest absolute Gasteiger partial charge is 0.493 e. The summed E-state index contributed by atoms with van der Waals surface area (Å²) in [6, 6.07) is 11.8. The number of hydrogen-bond acceptors (Lipinski definition) is 3. The second-order valence-electron chi connectivity index (χ2n) is 7.18. The number of H-pyrrole nitrogens is 1. The molecule has 1 aliphatic rings. The molecule has 0 bridgehead atoms. The second-order valence-corrected chi connectivity index (χ2v) is 7.18. The van der Waals surface area contributed by atoms with Crippen LogP contribution in [0.1, 0.15) is 27.2 Å². The zero-order valence-corrected chi connectivity index (χ0v) is 16.1. The number of nitrogens with zero attached hydrogens (tertiary/aromatic N) is 1. The number of aromatic nitrogens is 1. The molecule has 5 heteroatoms. The summed E-state index contributed by atoms with van der Waals surface area (Å²) in [5.74, 6) is 1.45. The van der Waals surface area contributed by atoms with Gasteiger partial charge in [-0.3, -0.25) is 4.79 Å². The van der Waals surface area contributed by atoms with Crippen LogP contribution in [0.15, 0.2) is 36.4 Å². The second kappa shape index (κ2) is 6.65. The van der Waals surface area contributed by atoms with Gasteiger partial charge in [0.15, 0.2) is 11.5 Å². The summed E-state index contributed by atoms with van der Waals surface area (Å²) < 4.78 is 11.3. The van der Waals surface area contributed by atoms with Crippen LogP contribution >= 0.6 is 0 Å². The minimum atomic E-state index is -0.0154. The lowest BCUT2D eigenvalue weighted by molar-refractivity contribution is 0.0164. The van der Waals surface area contributed by atoms with Gasteiger partial charge >= 0.3 is 0 Å². The van der Waals surface area contributed by atoms with E-state index < -0.39 is 0 Å². The Kier molecular flexibility index (Phi) is 4.30. The van der Waals surface area contributed by atoms with Crippen molar-refractivity contribution in [3.05, 3.63) is 58.8 Å². The van der Waals surface area contributed by atoms with Crippen molar-refractivity contribution in [2.24, 2.45) is 0 Å². The van der Waals surface area contributed by atoms with Gasteiger partial charge in [-0.2, -0.15) is 0 Å². The molecule has 1 saturated heterocycles. The van der Waals surface area contributed by atoms with Crippen molar-refractivity contribution < 1.29 is 14.3 Å². The zero-order chi connectivity index (χ0) is 19.1. The van der Waals surface area contributed by atoms with E-state index in [1.165, 1.54) is 5.56 Å². The molecule has 0 saturated carbocycles. The molecular formula is C22H24N2O3. The Morgan fingerprint density at radius 1 is 1.04 bits per heavy atom. The zero-order valence-electron chi connectivity index (χ0n) is 16.1. The van der Waals surface area contributed by atoms with Crippen LogP contribution in [0.5, 0.6) is 11.5 Å². The Balaban J connectivity index is 1.50. The van der Waals surface area contributed by atoms with Crippen LogP contribution in [-0.2, 0) is 0 Å². The number of likely N-dealkylation sites (tertiary alicyclic amines) is 1. The van der Waals surface area contributed by atoms with Crippen molar-refractivity contribution in [3.8, 4) is 11.5 Å². The average Bonchev–Trinajstić information content (AvgIpc) is 2.99. The van der Waals surface area contributed by atoms with E-state index in [2.05, 4.69) is 31.0 Å². The quantitative estimate of drug-likeness (QED) is 0.761. The predicted octanol–water partition coefficient (Wildman–Crippen LogP) is 4.01. The fourth-order valence-corrected chi connectivity index (χ4v) is 3.75. The number of amides is 1. The average molecular weight is 364 g/mol. The molecule has 1 amide bonds. The maximum atomic E-state index is 13.0. The minimum absolute atomic E-state index is 0.0154. The van der Waals surface area contributed by atoms with Crippen LogP contribution in [0, 0.1) is 20.8 Å². The molecule has 1 fully saturated rings. The third kappa shape index (κ3) is 2.93. The number of methoxy groups -OCH3 is 1. The first-order chi connectivity index (χ1) is 13.0. The van der Waals surface area contributed by atoms with Gasteiger partial charge in [0.1, 0.15) is 11.8 Å². The number of carbonyl (C=O) groups is 1. The molecule has 4 rings (SSSR count).